The molecule has 3 rings (SSSR count). The molecule has 2 heterocycles. The minimum Gasteiger partial charge on any atom is -0.352 e. The zero-order chi connectivity index (χ0) is 17.8. The lowest BCUT2D eigenvalue weighted by molar-refractivity contribution is -0.116. The molecule has 0 aliphatic heterocycles. The largest absolute Gasteiger partial charge is 0.352 e. The predicted octanol–water partition coefficient (Wildman–Crippen LogP) is 3.64. The number of carbonyl (C=O) groups is 1. The molecule has 3 aromatic rings. The molecule has 0 spiro atoms. The molecular weight excluding hydrogens is 348 g/mol. The van der Waals surface area contributed by atoms with Crippen LogP contribution in [-0.2, 0) is 11.2 Å². The number of pyridine rings is 1. The van der Waals surface area contributed by atoms with Crippen molar-refractivity contribution < 1.29 is 13.6 Å². The van der Waals surface area contributed by atoms with Gasteiger partial charge in [0.2, 0.25) is 5.91 Å². The normalized spacial score (nSPS) is 11.3. The average Bonchev–Trinajstić information content (AvgIpc) is 2.90. The maximum absolute atomic E-state index is 13.5. The third-order valence-corrected chi connectivity index (χ3v) is 3.90. The van der Waals surface area contributed by atoms with Gasteiger partial charge in [0.15, 0.2) is 5.15 Å². The molecule has 1 aromatic carbocycles. The highest BCUT2D eigenvalue weighted by molar-refractivity contribution is 6.31. The standard InChI is InChI=1S/C18H14ClF2N3O/c19-18-15(24-10-2-1-3-16(24)23-18)6-7-17(25)22-9-8-12-4-5-13(20)11-14(12)21/h1-7,10-11H,8-9H2,(H,22,25)/b7-6+. The van der Waals surface area contributed by atoms with Crippen LogP contribution < -0.4 is 5.32 Å². The Morgan fingerprint density at radius 1 is 1.28 bits per heavy atom. The van der Waals surface area contributed by atoms with E-state index in [0.29, 0.717) is 22.1 Å². The lowest BCUT2D eigenvalue weighted by Gasteiger charge is -2.04. The smallest absolute Gasteiger partial charge is 0.244 e. The fourth-order valence-electron chi connectivity index (χ4n) is 2.39. The van der Waals surface area contributed by atoms with Crippen LogP contribution in [0.25, 0.3) is 11.7 Å². The number of hydrogen-bond donors (Lipinski definition) is 1. The van der Waals surface area contributed by atoms with Crippen molar-refractivity contribution in [3.63, 3.8) is 0 Å². The first kappa shape index (κ1) is 17.1. The molecule has 1 N–H and O–H groups in total. The number of hydrogen-bond acceptors (Lipinski definition) is 2. The summed E-state index contributed by atoms with van der Waals surface area (Å²) in [4.78, 5) is 16.1. The van der Waals surface area contributed by atoms with Gasteiger partial charge in [-0.15, -0.1) is 0 Å². The van der Waals surface area contributed by atoms with Gasteiger partial charge < -0.3 is 5.32 Å². The Bertz CT molecular complexity index is 953. The highest BCUT2D eigenvalue weighted by atomic mass is 35.5. The summed E-state index contributed by atoms with van der Waals surface area (Å²) in [7, 11) is 0. The number of halogens is 3. The number of carbonyl (C=O) groups excluding carboxylic acids is 1. The first-order valence-corrected chi connectivity index (χ1v) is 7.95. The fourth-order valence-corrected chi connectivity index (χ4v) is 2.63. The van der Waals surface area contributed by atoms with Gasteiger partial charge in [-0.25, -0.2) is 13.8 Å². The molecule has 128 valence electrons. The van der Waals surface area contributed by atoms with Crippen LogP contribution in [0.4, 0.5) is 8.78 Å². The van der Waals surface area contributed by atoms with Gasteiger partial charge in [-0.1, -0.05) is 23.7 Å². The minimum absolute atomic E-state index is 0.229. The quantitative estimate of drug-likeness (QED) is 0.705. The second-order valence-electron chi connectivity index (χ2n) is 5.33. The Hall–Kier alpha value is -2.73. The van der Waals surface area contributed by atoms with E-state index in [9.17, 15) is 13.6 Å². The van der Waals surface area contributed by atoms with Crippen LogP contribution in [0.5, 0.6) is 0 Å². The summed E-state index contributed by atoms with van der Waals surface area (Å²) in [6.07, 6.45) is 4.96. The molecule has 0 saturated carbocycles. The second kappa shape index (κ2) is 7.44. The third kappa shape index (κ3) is 4.03. The summed E-state index contributed by atoms with van der Waals surface area (Å²) in [5.74, 6) is -1.59. The van der Waals surface area contributed by atoms with Crippen LogP contribution in [-0.4, -0.2) is 21.8 Å². The number of rotatable bonds is 5. The average molecular weight is 362 g/mol. The van der Waals surface area contributed by atoms with E-state index in [1.54, 1.807) is 22.7 Å². The van der Waals surface area contributed by atoms with Gasteiger partial charge in [-0.3, -0.25) is 9.20 Å². The predicted molar refractivity (Wildman–Crippen MR) is 92.3 cm³/mol. The second-order valence-corrected chi connectivity index (χ2v) is 5.68. The van der Waals surface area contributed by atoms with Crippen LogP contribution >= 0.6 is 11.6 Å². The zero-order valence-corrected chi connectivity index (χ0v) is 13.8. The van der Waals surface area contributed by atoms with Gasteiger partial charge in [0.05, 0.1) is 5.69 Å². The highest BCUT2D eigenvalue weighted by Crippen LogP contribution is 2.18. The molecule has 7 heteroatoms. The number of nitrogens with one attached hydrogen (secondary N) is 1. The maximum Gasteiger partial charge on any atom is 0.244 e. The number of fused-ring (bicyclic) bond motifs is 1. The van der Waals surface area contributed by atoms with Gasteiger partial charge in [0, 0.05) is 24.9 Å². The van der Waals surface area contributed by atoms with Crippen molar-refractivity contribution in [3.05, 3.63) is 76.7 Å². The molecule has 0 aliphatic carbocycles. The van der Waals surface area contributed by atoms with Crippen LogP contribution in [0.3, 0.4) is 0 Å². The molecule has 4 nitrogen and oxygen atoms in total. The van der Waals surface area contributed by atoms with Crippen LogP contribution in [0.1, 0.15) is 11.3 Å². The summed E-state index contributed by atoms with van der Waals surface area (Å²) >= 11 is 6.08. The Labute approximate surface area is 147 Å². The number of imidazole rings is 1. The number of aromatic nitrogens is 2. The van der Waals surface area contributed by atoms with Crippen molar-refractivity contribution >= 4 is 29.2 Å². The maximum atomic E-state index is 13.5. The van der Waals surface area contributed by atoms with Crippen LogP contribution in [0.15, 0.2) is 48.7 Å². The van der Waals surface area contributed by atoms with E-state index >= 15 is 0 Å². The molecule has 0 atom stereocenters. The van der Waals surface area contributed by atoms with Crippen molar-refractivity contribution in [3.8, 4) is 0 Å². The molecule has 2 aromatic heterocycles. The zero-order valence-electron chi connectivity index (χ0n) is 13.0. The van der Waals surface area contributed by atoms with E-state index in [1.165, 1.54) is 18.2 Å². The van der Waals surface area contributed by atoms with Crippen molar-refractivity contribution in [1.82, 2.24) is 14.7 Å². The lowest BCUT2D eigenvalue weighted by atomic mass is 10.1. The minimum atomic E-state index is -0.627. The van der Waals surface area contributed by atoms with E-state index in [-0.39, 0.29) is 18.9 Å². The lowest BCUT2D eigenvalue weighted by Crippen LogP contribution is -2.23. The Morgan fingerprint density at radius 3 is 2.92 bits per heavy atom. The molecule has 0 radical (unpaired) electrons. The molecule has 0 bridgehead atoms. The molecule has 0 fully saturated rings. The fraction of sp³-hybridized carbons (Fsp3) is 0.111. The molecular formula is C18H14ClF2N3O. The number of nitrogens with zero attached hydrogens (tertiary/aromatic N) is 2. The van der Waals surface area contributed by atoms with Crippen LogP contribution in [0.2, 0.25) is 5.15 Å². The Kier molecular flexibility index (Phi) is 5.09. The third-order valence-electron chi connectivity index (χ3n) is 3.62. The molecule has 0 aliphatic rings. The van der Waals surface area contributed by atoms with E-state index in [1.807, 2.05) is 12.1 Å². The van der Waals surface area contributed by atoms with E-state index in [4.69, 9.17) is 11.6 Å². The number of amides is 1. The van der Waals surface area contributed by atoms with E-state index in [2.05, 4.69) is 10.3 Å². The summed E-state index contributed by atoms with van der Waals surface area (Å²) < 4.78 is 28.1. The van der Waals surface area contributed by atoms with E-state index in [0.717, 1.165) is 6.07 Å². The summed E-state index contributed by atoms with van der Waals surface area (Å²) in [6.45, 7) is 0.229. The summed E-state index contributed by atoms with van der Waals surface area (Å²) in [6, 6.07) is 8.86. The highest BCUT2D eigenvalue weighted by Gasteiger charge is 2.08. The summed E-state index contributed by atoms with van der Waals surface area (Å²) in [5, 5.41) is 2.94. The Morgan fingerprint density at radius 2 is 2.12 bits per heavy atom. The van der Waals surface area contributed by atoms with Crippen molar-refractivity contribution in [2.45, 2.75) is 6.42 Å². The van der Waals surface area contributed by atoms with Gasteiger partial charge in [0.1, 0.15) is 17.3 Å². The van der Waals surface area contributed by atoms with Crippen molar-refractivity contribution in [2.75, 3.05) is 6.54 Å². The Balaban J connectivity index is 1.60. The van der Waals surface area contributed by atoms with Crippen molar-refractivity contribution in [1.29, 1.82) is 0 Å². The monoisotopic (exact) mass is 361 g/mol. The first-order chi connectivity index (χ1) is 12.0. The van der Waals surface area contributed by atoms with Gasteiger partial charge >= 0.3 is 0 Å². The molecule has 0 saturated heterocycles. The van der Waals surface area contributed by atoms with Gasteiger partial charge in [-0.05, 0) is 36.3 Å². The number of benzene rings is 1. The van der Waals surface area contributed by atoms with Crippen molar-refractivity contribution in [2.24, 2.45) is 0 Å². The first-order valence-electron chi connectivity index (χ1n) is 7.57. The van der Waals surface area contributed by atoms with Gasteiger partial charge in [0.25, 0.3) is 0 Å². The molecule has 0 unspecified atom stereocenters. The van der Waals surface area contributed by atoms with Crippen LogP contribution in [0, 0.1) is 11.6 Å². The molecule has 1 amide bonds. The van der Waals surface area contributed by atoms with E-state index < -0.39 is 11.6 Å². The molecule has 25 heavy (non-hydrogen) atoms. The topological polar surface area (TPSA) is 46.4 Å². The SMILES string of the molecule is O=C(/C=C/c1c(Cl)nc2ccccn12)NCCc1ccc(F)cc1F. The summed E-state index contributed by atoms with van der Waals surface area (Å²) in [5.41, 5.74) is 1.62. The van der Waals surface area contributed by atoms with Gasteiger partial charge in [-0.2, -0.15) is 0 Å².